The predicted octanol–water partition coefficient (Wildman–Crippen LogP) is 6.20. The van der Waals surface area contributed by atoms with E-state index in [0.717, 1.165) is 22.4 Å². The molecule has 0 saturated heterocycles. The summed E-state index contributed by atoms with van der Waals surface area (Å²) in [4.78, 5) is 32.9. The molecule has 9 heteroatoms. The third-order valence-corrected chi connectivity index (χ3v) is 7.11. The van der Waals surface area contributed by atoms with Gasteiger partial charge in [-0.1, -0.05) is 47.0 Å². The van der Waals surface area contributed by atoms with E-state index in [9.17, 15) is 9.59 Å². The number of anilines is 1. The van der Waals surface area contributed by atoms with Gasteiger partial charge in [-0.2, -0.15) is 0 Å². The van der Waals surface area contributed by atoms with Crippen molar-refractivity contribution in [3.63, 3.8) is 0 Å². The fraction of sp³-hybridized carbons (Fsp3) is 0.250. The summed E-state index contributed by atoms with van der Waals surface area (Å²) in [6, 6.07) is 14.3. The van der Waals surface area contributed by atoms with Gasteiger partial charge in [-0.3, -0.25) is 14.5 Å². The minimum Gasteiger partial charge on any atom is -0.496 e. The van der Waals surface area contributed by atoms with E-state index >= 15 is 0 Å². The second-order valence-electron chi connectivity index (χ2n) is 9.43. The lowest BCUT2D eigenvalue weighted by atomic mass is 10.0. The number of rotatable bonds is 5. The number of nitrogens with zero attached hydrogens (tertiary/aromatic N) is 4. The molecule has 4 aromatic rings. The highest BCUT2D eigenvalue weighted by atomic mass is 35.5. The number of carbonyl (C=O) groups is 1. The van der Waals surface area contributed by atoms with Crippen LogP contribution in [0, 0.1) is 6.92 Å². The van der Waals surface area contributed by atoms with Gasteiger partial charge in [0.15, 0.2) is 5.69 Å². The van der Waals surface area contributed by atoms with Crippen LogP contribution in [-0.4, -0.2) is 27.1 Å². The van der Waals surface area contributed by atoms with Crippen molar-refractivity contribution >= 4 is 34.8 Å². The molecule has 190 valence electrons. The maximum atomic E-state index is 14.1. The van der Waals surface area contributed by atoms with Crippen molar-refractivity contribution in [2.24, 2.45) is 7.05 Å². The number of amides is 1. The lowest BCUT2D eigenvalue weighted by molar-refractivity contribution is 0.0989. The first-order valence-corrected chi connectivity index (χ1v) is 12.6. The fourth-order valence-electron chi connectivity index (χ4n) is 4.93. The smallest absolute Gasteiger partial charge is 0.279 e. The highest BCUT2D eigenvalue weighted by molar-refractivity contribution is 6.31. The molecule has 0 radical (unpaired) electrons. The third kappa shape index (κ3) is 4.12. The van der Waals surface area contributed by atoms with Crippen LogP contribution in [0.1, 0.15) is 53.2 Å². The van der Waals surface area contributed by atoms with E-state index < -0.39 is 6.04 Å². The van der Waals surface area contributed by atoms with Gasteiger partial charge in [-0.25, -0.2) is 4.98 Å². The van der Waals surface area contributed by atoms with Gasteiger partial charge >= 0.3 is 0 Å². The molecule has 0 fully saturated rings. The second-order valence-corrected chi connectivity index (χ2v) is 10.3. The summed E-state index contributed by atoms with van der Waals surface area (Å²) in [5.41, 5.74) is 3.98. The Labute approximate surface area is 224 Å². The molecule has 1 unspecified atom stereocenters. The van der Waals surface area contributed by atoms with Crippen molar-refractivity contribution in [3.05, 3.63) is 97.6 Å². The molecule has 0 N–H and O–H groups in total. The first-order chi connectivity index (χ1) is 17.6. The summed E-state index contributed by atoms with van der Waals surface area (Å²) in [5, 5.41) is 0.622. The Balaban J connectivity index is 1.81. The minimum atomic E-state index is -0.521. The molecule has 37 heavy (non-hydrogen) atoms. The molecule has 0 spiro atoms. The number of halogens is 2. The van der Waals surface area contributed by atoms with E-state index in [2.05, 4.69) is 18.4 Å². The van der Waals surface area contributed by atoms with Gasteiger partial charge in [0.05, 0.1) is 24.1 Å². The molecule has 5 rings (SSSR count). The van der Waals surface area contributed by atoms with Crippen LogP contribution in [0.15, 0.2) is 59.5 Å². The average molecular weight is 537 g/mol. The SMILES string of the molecule is COc1ccc(C)cc1-c1nc2c(n1C(C)C)C(c1ccc(Cl)cc1)N(c1cc(Cl)c(=O)n(C)c1)C2=O. The molecule has 0 bridgehead atoms. The van der Waals surface area contributed by atoms with Crippen molar-refractivity contribution in [2.45, 2.75) is 32.9 Å². The lowest BCUT2D eigenvalue weighted by Crippen LogP contribution is -2.32. The highest BCUT2D eigenvalue weighted by Gasteiger charge is 2.45. The summed E-state index contributed by atoms with van der Waals surface area (Å²) in [7, 11) is 3.23. The minimum absolute atomic E-state index is 0.0252. The molecule has 2 aromatic carbocycles. The van der Waals surface area contributed by atoms with Gasteiger partial charge in [-0.05, 0) is 56.7 Å². The summed E-state index contributed by atoms with van der Waals surface area (Å²) >= 11 is 12.5. The highest BCUT2D eigenvalue weighted by Crippen LogP contribution is 2.45. The number of pyridine rings is 1. The Hall–Kier alpha value is -3.55. The molecule has 2 aromatic heterocycles. The van der Waals surface area contributed by atoms with E-state index in [1.54, 1.807) is 37.4 Å². The van der Waals surface area contributed by atoms with Crippen LogP contribution < -0.4 is 15.2 Å². The number of imidazole rings is 1. The zero-order valence-electron chi connectivity index (χ0n) is 21.1. The Bertz CT molecular complexity index is 1560. The summed E-state index contributed by atoms with van der Waals surface area (Å²) in [6.45, 7) is 6.12. The van der Waals surface area contributed by atoms with Gasteiger partial charge in [-0.15, -0.1) is 0 Å². The third-order valence-electron chi connectivity index (χ3n) is 6.59. The number of methoxy groups -OCH3 is 1. The van der Waals surface area contributed by atoms with E-state index in [1.807, 2.05) is 37.3 Å². The Kier molecular flexibility index (Phi) is 6.38. The number of benzene rings is 2. The normalized spacial score (nSPS) is 15.0. The zero-order chi connectivity index (χ0) is 26.6. The van der Waals surface area contributed by atoms with Crippen LogP contribution in [-0.2, 0) is 7.05 Å². The van der Waals surface area contributed by atoms with Crippen molar-refractivity contribution in [3.8, 4) is 17.1 Å². The average Bonchev–Trinajstić information content (AvgIpc) is 3.38. The van der Waals surface area contributed by atoms with E-state index in [4.69, 9.17) is 32.9 Å². The molecule has 1 amide bonds. The van der Waals surface area contributed by atoms with Crippen LogP contribution in [0.3, 0.4) is 0 Å². The number of ether oxygens (including phenoxy) is 1. The maximum Gasteiger partial charge on any atom is 0.279 e. The molecule has 7 nitrogen and oxygen atoms in total. The molecule has 0 saturated carbocycles. The van der Waals surface area contributed by atoms with Crippen molar-refractivity contribution < 1.29 is 9.53 Å². The van der Waals surface area contributed by atoms with Crippen molar-refractivity contribution in [2.75, 3.05) is 12.0 Å². The monoisotopic (exact) mass is 536 g/mol. The largest absolute Gasteiger partial charge is 0.496 e. The fourth-order valence-corrected chi connectivity index (χ4v) is 5.30. The first kappa shape index (κ1) is 25.1. The van der Waals surface area contributed by atoms with Gasteiger partial charge in [0, 0.05) is 24.3 Å². The van der Waals surface area contributed by atoms with Gasteiger partial charge in [0.1, 0.15) is 22.6 Å². The summed E-state index contributed by atoms with van der Waals surface area (Å²) < 4.78 is 9.12. The van der Waals surface area contributed by atoms with Crippen molar-refractivity contribution in [1.82, 2.24) is 14.1 Å². The lowest BCUT2D eigenvalue weighted by Gasteiger charge is -2.29. The molecule has 1 aliphatic rings. The number of aryl methyl sites for hydroxylation is 2. The number of hydrogen-bond acceptors (Lipinski definition) is 4. The number of aromatic nitrogens is 3. The number of carbonyl (C=O) groups excluding carboxylic acids is 1. The van der Waals surface area contributed by atoms with Crippen LogP contribution in [0.5, 0.6) is 5.75 Å². The summed E-state index contributed by atoms with van der Waals surface area (Å²) in [6.07, 6.45) is 1.62. The maximum absolute atomic E-state index is 14.1. The van der Waals surface area contributed by atoms with Crippen LogP contribution >= 0.6 is 23.2 Å². The molecular weight excluding hydrogens is 511 g/mol. The molecule has 0 aliphatic carbocycles. The van der Waals surface area contributed by atoms with E-state index in [-0.39, 0.29) is 22.5 Å². The van der Waals surface area contributed by atoms with Gasteiger partial charge in [0.25, 0.3) is 11.5 Å². The summed E-state index contributed by atoms with van der Waals surface area (Å²) in [5.74, 6) is 1.05. The standard InChI is InChI=1S/C28H26Cl2N4O3/c1-15(2)33-25-23(31-26(33)20-12-16(3)6-11-22(20)37-5)28(36)34(19-13-21(30)27(35)32(4)14-19)24(25)17-7-9-18(29)10-8-17/h6-15,24H,1-5H3. The molecule has 1 aliphatic heterocycles. The topological polar surface area (TPSA) is 69.4 Å². The van der Waals surface area contributed by atoms with Crippen LogP contribution in [0.2, 0.25) is 10.0 Å². The Morgan fingerprint density at radius 2 is 1.73 bits per heavy atom. The predicted molar refractivity (Wildman–Crippen MR) is 146 cm³/mol. The number of fused-ring (bicyclic) bond motifs is 1. The Morgan fingerprint density at radius 1 is 1.03 bits per heavy atom. The van der Waals surface area contributed by atoms with Crippen LogP contribution in [0.4, 0.5) is 5.69 Å². The van der Waals surface area contributed by atoms with E-state index in [1.165, 1.54) is 10.6 Å². The first-order valence-electron chi connectivity index (χ1n) is 11.8. The molecular formula is C28H26Cl2N4O3. The quantitative estimate of drug-likeness (QED) is 0.304. The second kappa shape index (κ2) is 9.39. The van der Waals surface area contributed by atoms with Crippen molar-refractivity contribution in [1.29, 1.82) is 0 Å². The van der Waals surface area contributed by atoms with Gasteiger partial charge in [0.2, 0.25) is 0 Å². The van der Waals surface area contributed by atoms with E-state index in [0.29, 0.717) is 28.0 Å². The van der Waals surface area contributed by atoms with Crippen LogP contribution in [0.25, 0.3) is 11.4 Å². The molecule has 1 atom stereocenters. The van der Waals surface area contributed by atoms with Gasteiger partial charge < -0.3 is 13.9 Å². The molecule has 3 heterocycles. The number of hydrogen-bond donors (Lipinski definition) is 0. The zero-order valence-corrected chi connectivity index (χ0v) is 22.6. The Morgan fingerprint density at radius 3 is 2.35 bits per heavy atom.